The van der Waals surface area contributed by atoms with Crippen molar-refractivity contribution in [2.75, 3.05) is 32.1 Å². The average molecular weight is 418 g/mol. The van der Waals surface area contributed by atoms with Crippen molar-refractivity contribution in [2.24, 2.45) is 0 Å². The maximum atomic E-state index is 12.6. The number of pyridine rings is 1. The highest BCUT2D eigenvalue weighted by Crippen LogP contribution is 2.37. The number of aliphatic hydroxyl groups is 1. The zero-order valence-corrected chi connectivity index (χ0v) is 17.5. The summed E-state index contributed by atoms with van der Waals surface area (Å²) in [5.41, 5.74) is 1.27. The van der Waals surface area contributed by atoms with Crippen molar-refractivity contribution in [3.63, 3.8) is 0 Å². The minimum Gasteiger partial charge on any atom is -0.495 e. The van der Waals surface area contributed by atoms with E-state index in [1.807, 2.05) is 25.1 Å². The Balaban J connectivity index is 1.46. The molecular weight excluding hydrogens is 390 g/mol. The first kappa shape index (κ1) is 20.1. The minimum atomic E-state index is -0.528. The van der Waals surface area contributed by atoms with Gasteiger partial charge in [-0.05, 0) is 55.9 Å². The monoisotopic (exact) mass is 417 g/mol. The van der Waals surface area contributed by atoms with Gasteiger partial charge < -0.3 is 15.2 Å². The lowest BCUT2D eigenvalue weighted by atomic mass is 9.88. The van der Waals surface area contributed by atoms with Crippen LogP contribution >= 0.6 is 11.5 Å². The van der Waals surface area contributed by atoms with Crippen molar-refractivity contribution < 1.29 is 14.6 Å². The summed E-state index contributed by atoms with van der Waals surface area (Å²) < 4.78 is 9.41. The number of carbonyl (C=O) groups excluding carboxylic acids is 1. The molecule has 3 heterocycles. The highest BCUT2D eigenvalue weighted by Gasteiger charge is 2.43. The number of piperidine rings is 1. The second-order valence-corrected chi connectivity index (χ2v) is 8.82. The number of likely N-dealkylation sites (tertiary alicyclic amines) is 1. The van der Waals surface area contributed by atoms with E-state index in [9.17, 15) is 9.90 Å². The summed E-state index contributed by atoms with van der Waals surface area (Å²) in [6.07, 6.45) is 4.24. The van der Waals surface area contributed by atoms with Crippen molar-refractivity contribution in [3.8, 4) is 5.75 Å². The Morgan fingerprint density at radius 3 is 2.90 bits per heavy atom. The van der Waals surface area contributed by atoms with E-state index >= 15 is 0 Å². The van der Waals surface area contributed by atoms with Crippen molar-refractivity contribution in [3.05, 3.63) is 35.8 Å². The van der Waals surface area contributed by atoms with E-state index in [0.29, 0.717) is 12.3 Å². The van der Waals surface area contributed by atoms with Gasteiger partial charge in [0.2, 0.25) is 0 Å². The van der Waals surface area contributed by atoms with Crippen LogP contribution in [-0.2, 0) is 0 Å². The van der Waals surface area contributed by atoms with Gasteiger partial charge in [0.1, 0.15) is 10.8 Å². The molecule has 29 heavy (non-hydrogen) atoms. The van der Waals surface area contributed by atoms with E-state index in [1.54, 1.807) is 13.3 Å². The summed E-state index contributed by atoms with van der Waals surface area (Å²) in [6.45, 7) is 4.15. The fourth-order valence-corrected chi connectivity index (χ4v) is 4.48. The number of hydrogen-bond acceptors (Lipinski definition) is 7. The van der Waals surface area contributed by atoms with Crippen LogP contribution in [-0.4, -0.2) is 63.8 Å². The molecule has 2 aromatic rings. The van der Waals surface area contributed by atoms with Crippen LogP contribution in [0.15, 0.2) is 24.4 Å². The number of anilines is 1. The molecule has 2 amide bonds. The van der Waals surface area contributed by atoms with Crippen molar-refractivity contribution in [1.29, 1.82) is 0 Å². The molecule has 1 saturated heterocycles. The molecule has 2 fully saturated rings. The van der Waals surface area contributed by atoms with E-state index in [-0.39, 0.29) is 18.0 Å². The second kappa shape index (κ2) is 8.25. The molecule has 2 aliphatic rings. The lowest BCUT2D eigenvalue weighted by molar-refractivity contribution is 0.0702. The molecule has 0 aromatic carbocycles. The predicted octanol–water partition coefficient (Wildman–Crippen LogP) is 2.36. The molecule has 0 spiro atoms. The van der Waals surface area contributed by atoms with Gasteiger partial charge in [-0.3, -0.25) is 15.2 Å². The molecule has 1 aliphatic heterocycles. The zero-order chi connectivity index (χ0) is 20.4. The van der Waals surface area contributed by atoms with Crippen molar-refractivity contribution in [2.45, 2.75) is 43.7 Å². The van der Waals surface area contributed by atoms with Gasteiger partial charge in [-0.25, -0.2) is 4.79 Å². The first-order chi connectivity index (χ1) is 13.9. The van der Waals surface area contributed by atoms with Gasteiger partial charge in [-0.2, -0.15) is 4.37 Å². The molecule has 9 heteroatoms. The van der Waals surface area contributed by atoms with Crippen LogP contribution in [0.5, 0.6) is 5.75 Å². The third-order valence-corrected chi connectivity index (χ3v) is 6.39. The smallest absolute Gasteiger partial charge is 0.320 e. The molecule has 156 valence electrons. The lowest BCUT2D eigenvalue weighted by Crippen LogP contribution is -2.52. The van der Waals surface area contributed by atoms with Crippen molar-refractivity contribution in [1.82, 2.24) is 19.6 Å². The van der Waals surface area contributed by atoms with Crippen LogP contribution in [0.1, 0.15) is 36.6 Å². The number of ether oxygens (including phenoxy) is 1. The molecule has 1 aliphatic carbocycles. The van der Waals surface area contributed by atoms with E-state index in [4.69, 9.17) is 4.74 Å². The number of nitrogens with zero attached hydrogens (tertiary/aromatic N) is 3. The number of aryl methyl sites for hydroxylation is 1. The van der Waals surface area contributed by atoms with Crippen LogP contribution in [0.25, 0.3) is 0 Å². The maximum Gasteiger partial charge on any atom is 0.320 e. The fraction of sp³-hybridized carbons (Fsp3) is 0.550. The van der Waals surface area contributed by atoms with Crippen LogP contribution in [0, 0.1) is 6.92 Å². The summed E-state index contributed by atoms with van der Waals surface area (Å²) in [4.78, 5) is 19.4. The number of nitrogens with one attached hydrogen (secondary N) is 2. The normalized spacial score (nSPS) is 23.4. The van der Waals surface area contributed by atoms with Gasteiger partial charge in [0, 0.05) is 37.3 Å². The van der Waals surface area contributed by atoms with E-state index in [1.165, 1.54) is 11.5 Å². The summed E-state index contributed by atoms with van der Waals surface area (Å²) >= 11 is 1.27. The number of urea groups is 1. The molecule has 4 rings (SSSR count). The molecule has 2 aromatic heterocycles. The van der Waals surface area contributed by atoms with Gasteiger partial charge in [0.15, 0.2) is 0 Å². The Labute approximate surface area is 174 Å². The highest BCUT2D eigenvalue weighted by molar-refractivity contribution is 7.10. The Morgan fingerprint density at radius 1 is 1.45 bits per heavy atom. The largest absolute Gasteiger partial charge is 0.495 e. The first-order valence-corrected chi connectivity index (χ1v) is 10.7. The topological polar surface area (TPSA) is 99.6 Å². The molecule has 2 unspecified atom stereocenters. The van der Waals surface area contributed by atoms with Gasteiger partial charge in [-0.15, -0.1) is 0 Å². The number of β-amino-alcohol motifs (C(OH)–C–C–N with tert-alkyl or cyclic N) is 1. The van der Waals surface area contributed by atoms with Crippen LogP contribution in [0.2, 0.25) is 0 Å². The van der Waals surface area contributed by atoms with Crippen molar-refractivity contribution >= 4 is 22.6 Å². The third kappa shape index (κ3) is 5.04. The standard InChI is InChI=1S/C20H27N5O3S/c1-13-9-18(29-24-13)23-19(26)22-17-5-8-25(12-20(27)6-7-20)11-15(17)16-4-3-14(28-2)10-21-16/h3-4,9-10,15,17,27H,5-8,11-12H2,1-2H3,(H2,22,23,26). The Bertz CT molecular complexity index is 852. The summed E-state index contributed by atoms with van der Waals surface area (Å²) in [7, 11) is 1.62. The Kier molecular flexibility index (Phi) is 5.71. The van der Waals surface area contributed by atoms with Gasteiger partial charge in [0.25, 0.3) is 0 Å². The van der Waals surface area contributed by atoms with Gasteiger partial charge in [-0.1, -0.05) is 0 Å². The molecule has 3 N–H and O–H groups in total. The number of aromatic nitrogens is 2. The molecule has 0 radical (unpaired) electrons. The Morgan fingerprint density at radius 2 is 2.28 bits per heavy atom. The van der Waals surface area contributed by atoms with Crippen LogP contribution < -0.4 is 15.4 Å². The van der Waals surface area contributed by atoms with Gasteiger partial charge in [0.05, 0.1) is 24.6 Å². The SMILES string of the molecule is COc1ccc(C2CN(CC3(O)CC3)CCC2NC(=O)Nc2cc(C)ns2)nc1. The summed E-state index contributed by atoms with van der Waals surface area (Å²) in [5.74, 6) is 0.738. The fourth-order valence-electron chi connectivity index (χ4n) is 3.82. The number of rotatable bonds is 6. The Hall–Kier alpha value is -2.23. The predicted molar refractivity (Wildman–Crippen MR) is 112 cm³/mol. The molecular formula is C20H27N5O3S. The third-order valence-electron chi connectivity index (χ3n) is 5.60. The molecule has 1 saturated carbocycles. The molecule has 2 atom stereocenters. The van der Waals surface area contributed by atoms with Crippen LogP contribution in [0.4, 0.5) is 9.80 Å². The molecule has 8 nitrogen and oxygen atoms in total. The second-order valence-electron chi connectivity index (χ2n) is 8.02. The van der Waals surface area contributed by atoms with Crippen LogP contribution in [0.3, 0.4) is 0 Å². The highest BCUT2D eigenvalue weighted by atomic mass is 32.1. The number of carbonyl (C=O) groups is 1. The first-order valence-electron chi connectivity index (χ1n) is 9.90. The number of hydrogen-bond donors (Lipinski definition) is 3. The molecule has 0 bridgehead atoms. The number of amides is 2. The minimum absolute atomic E-state index is 0.0333. The van der Waals surface area contributed by atoms with Gasteiger partial charge >= 0.3 is 6.03 Å². The quantitative estimate of drug-likeness (QED) is 0.667. The summed E-state index contributed by atoms with van der Waals surface area (Å²) in [5, 5.41) is 17.0. The maximum absolute atomic E-state index is 12.6. The van der Waals surface area contributed by atoms with E-state index in [2.05, 4.69) is 24.9 Å². The average Bonchev–Trinajstić information content (AvgIpc) is 3.29. The zero-order valence-electron chi connectivity index (χ0n) is 16.7. The van der Waals surface area contributed by atoms with E-state index < -0.39 is 5.60 Å². The summed E-state index contributed by atoms with van der Waals surface area (Å²) in [6, 6.07) is 5.43. The lowest BCUT2D eigenvalue weighted by Gasteiger charge is -2.39. The van der Waals surface area contributed by atoms with E-state index in [0.717, 1.165) is 48.7 Å². The number of methoxy groups -OCH3 is 1.